The number of benzene rings is 2. The molecule has 0 atom stereocenters. The Kier molecular flexibility index (Phi) is 7.47. The van der Waals surface area contributed by atoms with Crippen molar-refractivity contribution < 1.29 is 4.74 Å². The van der Waals surface area contributed by atoms with Crippen molar-refractivity contribution in [2.75, 3.05) is 6.54 Å². The molecule has 0 radical (unpaired) electrons. The van der Waals surface area contributed by atoms with E-state index in [9.17, 15) is 0 Å². The van der Waals surface area contributed by atoms with Crippen LogP contribution in [0.5, 0.6) is 5.75 Å². The van der Waals surface area contributed by atoms with Crippen LogP contribution in [-0.2, 0) is 13.2 Å². The third-order valence-electron chi connectivity index (χ3n) is 3.57. The van der Waals surface area contributed by atoms with E-state index in [1.165, 1.54) is 30.4 Å². The van der Waals surface area contributed by atoms with Gasteiger partial charge in [0.2, 0.25) is 0 Å². The topological polar surface area (TPSA) is 21.3 Å². The molecule has 0 saturated carbocycles. The first-order valence-electron chi connectivity index (χ1n) is 7.96. The van der Waals surface area contributed by atoms with Crippen molar-refractivity contribution in [2.24, 2.45) is 0 Å². The van der Waals surface area contributed by atoms with Crippen molar-refractivity contribution in [3.63, 3.8) is 0 Å². The molecule has 2 nitrogen and oxygen atoms in total. The lowest BCUT2D eigenvalue weighted by molar-refractivity contribution is 0.302. The largest absolute Gasteiger partial charge is 0.489 e. The van der Waals surface area contributed by atoms with E-state index in [4.69, 9.17) is 4.74 Å². The zero-order chi connectivity index (χ0) is 15.6. The first kappa shape index (κ1) is 17.0. The fourth-order valence-electron chi connectivity index (χ4n) is 2.29. The zero-order valence-corrected chi connectivity index (χ0v) is 14.7. The van der Waals surface area contributed by atoms with Crippen molar-refractivity contribution in [1.29, 1.82) is 0 Å². The van der Waals surface area contributed by atoms with E-state index in [0.717, 1.165) is 23.3 Å². The van der Waals surface area contributed by atoms with Gasteiger partial charge in [-0.05, 0) is 30.7 Å². The molecule has 0 aliphatic carbocycles. The molecule has 0 heterocycles. The van der Waals surface area contributed by atoms with Crippen LogP contribution in [0.2, 0.25) is 0 Å². The molecule has 0 fully saturated rings. The number of hydrogen-bond acceptors (Lipinski definition) is 2. The minimum absolute atomic E-state index is 0.597. The predicted molar refractivity (Wildman–Crippen MR) is 96.1 cm³/mol. The fraction of sp³-hybridized carbons (Fsp3) is 0.368. The monoisotopic (exact) mass is 361 g/mol. The fourth-order valence-corrected chi connectivity index (χ4v) is 2.78. The number of hydrogen-bond donors (Lipinski definition) is 1. The molecule has 118 valence electrons. The highest BCUT2D eigenvalue weighted by Gasteiger charge is 2.08. The lowest BCUT2D eigenvalue weighted by atomic mass is 10.2. The minimum Gasteiger partial charge on any atom is -0.489 e. The third-order valence-corrected chi connectivity index (χ3v) is 4.31. The highest BCUT2D eigenvalue weighted by Crippen LogP contribution is 2.27. The predicted octanol–water partition coefficient (Wildman–Crippen LogP) is 5.31. The molecule has 0 aliphatic heterocycles. The standard InChI is InChI=1S/C19H24BrNO/c1-2-3-7-13-21-14-17-18(20)11-8-12-19(17)22-15-16-9-5-4-6-10-16/h4-6,8-12,21H,2-3,7,13-15H2,1H3. The molecule has 2 aromatic carbocycles. The van der Waals surface area contributed by atoms with Gasteiger partial charge in [0.1, 0.15) is 12.4 Å². The summed E-state index contributed by atoms with van der Waals surface area (Å²) in [7, 11) is 0. The summed E-state index contributed by atoms with van der Waals surface area (Å²) in [6, 6.07) is 16.4. The number of nitrogens with one attached hydrogen (secondary N) is 1. The van der Waals surface area contributed by atoms with E-state index < -0.39 is 0 Å². The summed E-state index contributed by atoms with van der Waals surface area (Å²) in [5.41, 5.74) is 2.37. The highest BCUT2D eigenvalue weighted by atomic mass is 79.9. The van der Waals surface area contributed by atoms with Gasteiger partial charge in [-0.25, -0.2) is 0 Å². The van der Waals surface area contributed by atoms with Gasteiger partial charge in [-0.2, -0.15) is 0 Å². The maximum Gasteiger partial charge on any atom is 0.125 e. The molecule has 0 bridgehead atoms. The van der Waals surface area contributed by atoms with Gasteiger partial charge >= 0.3 is 0 Å². The molecule has 22 heavy (non-hydrogen) atoms. The Labute approximate surface area is 142 Å². The number of unbranched alkanes of at least 4 members (excludes halogenated alkanes) is 2. The van der Waals surface area contributed by atoms with Gasteiger partial charge in [-0.15, -0.1) is 0 Å². The van der Waals surface area contributed by atoms with E-state index in [0.29, 0.717) is 6.61 Å². The van der Waals surface area contributed by atoms with Crippen LogP contribution in [0.3, 0.4) is 0 Å². The van der Waals surface area contributed by atoms with Gasteiger partial charge in [-0.1, -0.05) is 72.1 Å². The van der Waals surface area contributed by atoms with Crippen LogP contribution in [0.15, 0.2) is 53.0 Å². The van der Waals surface area contributed by atoms with Crippen molar-refractivity contribution in [3.8, 4) is 5.75 Å². The van der Waals surface area contributed by atoms with Crippen LogP contribution in [0, 0.1) is 0 Å². The lowest BCUT2D eigenvalue weighted by Crippen LogP contribution is -2.16. The average Bonchev–Trinajstić information content (AvgIpc) is 2.55. The van der Waals surface area contributed by atoms with Crippen LogP contribution < -0.4 is 10.1 Å². The Morgan fingerprint density at radius 3 is 2.59 bits per heavy atom. The Hall–Kier alpha value is -1.32. The SMILES string of the molecule is CCCCCNCc1c(Br)cccc1OCc1ccccc1. The Bertz CT molecular complexity index is 557. The summed E-state index contributed by atoms with van der Waals surface area (Å²) in [5.74, 6) is 0.946. The van der Waals surface area contributed by atoms with E-state index in [2.05, 4.69) is 46.4 Å². The van der Waals surface area contributed by atoms with E-state index in [1.54, 1.807) is 0 Å². The van der Waals surface area contributed by atoms with Gasteiger partial charge in [0.15, 0.2) is 0 Å². The second kappa shape index (κ2) is 9.65. The molecular weight excluding hydrogens is 338 g/mol. The molecule has 2 rings (SSSR count). The molecule has 0 saturated heterocycles. The van der Waals surface area contributed by atoms with Crippen LogP contribution in [0.1, 0.15) is 37.3 Å². The average molecular weight is 362 g/mol. The second-order valence-electron chi connectivity index (χ2n) is 5.37. The van der Waals surface area contributed by atoms with Crippen LogP contribution in [0.4, 0.5) is 0 Å². The van der Waals surface area contributed by atoms with Gasteiger partial charge in [0.25, 0.3) is 0 Å². The van der Waals surface area contributed by atoms with Crippen LogP contribution in [-0.4, -0.2) is 6.54 Å². The normalized spacial score (nSPS) is 10.6. The molecule has 0 aromatic heterocycles. The summed E-state index contributed by atoms with van der Waals surface area (Å²) >= 11 is 3.64. The molecule has 0 unspecified atom stereocenters. The van der Waals surface area contributed by atoms with Gasteiger partial charge < -0.3 is 10.1 Å². The van der Waals surface area contributed by atoms with Crippen LogP contribution in [0.25, 0.3) is 0 Å². The maximum atomic E-state index is 6.01. The quantitative estimate of drug-likeness (QED) is 0.611. The summed E-state index contributed by atoms with van der Waals surface area (Å²) in [5, 5.41) is 3.51. The summed E-state index contributed by atoms with van der Waals surface area (Å²) in [6.07, 6.45) is 3.75. The van der Waals surface area contributed by atoms with Crippen molar-refractivity contribution >= 4 is 15.9 Å². The molecule has 3 heteroatoms. The van der Waals surface area contributed by atoms with Gasteiger partial charge in [-0.3, -0.25) is 0 Å². The van der Waals surface area contributed by atoms with Crippen molar-refractivity contribution in [2.45, 2.75) is 39.3 Å². The Balaban J connectivity index is 1.94. The molecule has 2 aromatic rings. The summed E-state index contributed by atoms with van der Waals surface area (Å²) in [4.78, 5) is 0. The maximum absolute atomic E-state index is 6.01. The number of rotatable bonds is 9. The minimum atomic E-state index is 0.597. The first-order valence-corrected chi connectivity index (χ1v) is 8.75. The molecular formula is C19H24BrNO. The molecule has 0 spiro atoms. The van der Waals surface area contributed by atoms with Gasteiger partial charge in [0, 0.05) is 16.6 Å². The Morgan fingerprint density at radius 1 is 1.00 bits per heavy atom. The molecule has 1 N–H and O–H groups in total. The highest BCUT2D eigenvalue weighted by molar-refractivity contribution is 9.10. The van der Waals surface area contributed by atoms with Crippen molar-refractivity contribution in [1.82, 2.24) is 5.32 Å². The Morgan fingerprint density at radius 2 is 1.82 bits per heavy atom. The van der Waals surface area contributed by atoms with E-state index >= 15 is 0 Å². The van der Waals surface area contributed by atoms with Crippen molar-refractivity contribution in [3.05, 3.63) is 64.1 Å². The second-order valence-corrected chi connectivity index (χ2v) is 6.23. The molecule has 0 amide bonds. The first-order chi connectivity index (χ1) is 10.8. The number of ether oxygens (including phenoxy) is 1. The van der Waals surface area contributed by atoms with Gasteiger partial charge in [0.05, 0.1) is 0 Å². The van der Waals surface area contributed by atoms with E-state index in [1.807, 2.05) is 30.3 Å². The lowest BCUT2D eigenvalue weighted by Gasteiger charge is -2.14. The number of halogens is 1. The van der Waals surface area contributed by atoms with Crippen LogP contribution >= 0.6 is 15.9 Å². The smallest absolute Gasteiger partial charge is 0.125 e. The zero-order valence-electron chi connectivity index (χ0n) is 13.1. The summed E-state index contributed by atoms with van der Waals surface area (Å²) in [6.45, 7) is 4.70. The third kappa shape index (κ3) is 5.47. The van der Waals surface area contributed by atoms with E-state index in [-0.39, 0.29) is 0 Å². The summed E-state index contributed by atoms with van der Waals surface area (Å²) < 4.78 is 7.11. The molecule has 0 aliphatic rings.